The first kappa shape index (κ1) is 16.2. The standard InChI is InChI=1S/C16H19NO.C2H6/c1-4-14-8-9-16(12(2)10-14)18-11-15-7-5-6-13(3)17-15;1-2/h5-10H,4,11H2,1-3H3;1-2H3. The number of hydrogen-bond donors (Lipinski definition) is 0. The highest BCUT2D eigenvalue weighted by Gasteiger charge is 2.02. The minimum Gasteiger partial charge on any atom is -0.487 e. The molecule has 0 amide bonds. The molecule has 0 unspecified atom stereocenters. The Morgan fingerprint density at radius 2 is 1.80 bits per heavy atom. The zero-order chi connectivity index (χ0) is 15.0. The molecular weight excluding hydrogens is 246 g/mol. The van der Waals surface area contributed by atoms with E-state index in [9.17, 15) is 0 Å². The molecule has 0 aliphatic carbocycles. The van der Waals surface area contributed by atoms with Gasteiger partial charge in [0.05, 0.1) is 5.69 Å². The maximum atomic E-state index is 5.81. The van der Waals surface area contributed by atoms with Gasteiger partial charge in [-0.1, -0.05) is 39.0 Å². The summed E-state index contributed by atoms with van der Waals surface area (Å²) in [5.74, 6) is 0.940. The van der Waals surface area contributed by atoms with Crippen molar-refractivity contribution in [2.45, 2.75) is 47.6 Å². The Labute approximate surface area is 122 Å². The molecule has 0 fully saturated rings. The summed E-state index contributed by atoms with van der Waals surface area (Å²) >= 11 is 0. The van der Waals surface area contributed by atoms with Crippen LogP contribution in [0.2, 0.25) is 0 Å². The first-order valence-electron chi connectivity index (χ1n) is 7.34. The van der Waals surface area contributed by atoms with Crippen molar-refractivity contribution in [2.24, 2.45) is 0 Å². The smallest absolute Gasteiger partial charge is 0.130 e. The molecule has 2 rings (SSSR count). The van der Waals surface area contributed by atoms with E-state index in [4.69, 9.17) is 4.74 Å². The molecule has 108 valence electrons. The number of nitrogens with zero attached hydrogens (tertiary/aromatic N) is 1. The summed E-state index contributed by atoms with van der Waals surface area (Å²) in [7, 11) is 0. The zero-order valence-corrected chi connectivity index (χ0v) is 13.2. The van der Waals surface area contributed by atoms with Crippen molar-refractivity contribution in [3.63, 3.8) is 0 Å². The Hall–Kier alpha value is -1.83. The van der Waals surface area contributed by atoms with Gasteiger partial charge < -0.3 is 4.74 Å². The second-order valence-electron chi connectivity index (χ2n) is 4.51. The van der Waals surface area contributed by atoms with E-state index in [1.807, 2.05) is 45.0 Å². The molecule has 2 nitrogen and oxygen atoms in total. The molecular formula is C18H25NO. The molecule has 2 heteroatoms. The van der Waals surface area contributed by atoms with E-state index in [0.717, 1.165) is 23.6 Å². The van der Waals surface area contributed by atoms with E-state index < -0.39 is 0 Å². The maximum Gasteiger partial charge on any atom is 0.130 e. The fourth-order valence-corrected chi connectivity index (χ4v) is 1.92. The second kappa shape index (κ2) is 8.36. The van der Waals surface area contributed by atoms with Crippen molar-refractivity contribution in [2.75, 3.05) is 0 Å². The summed E-state index contributed by atoms with van der Waals surface area (Å²) in [6.45, 7) is 10.8. The molecule has 1 aromatic heterocycles. The van der Waals surface area contributed by atoms with Gasteiger partial charge in [-0.2, -0.15) is 0 Å². The molecule has 0 saturated carbocycles. The molecule has 0 atom stereocenters. The number of benzene rings is 1. The number of hydrogen-bond acceptors (Lipinski definition) is 2. The number of aryl methyl sites for hydroxylation is 3. The van der Waals surface area contributed by atoms with Crippen LogP contribution >= 0.6 is 0 Å². The Bertz CT molecular complexity index is 535. The van der Waals surface area contributed by atoms with Crippen LogP contribution in [0.4, 0.5) is 0 Å². The van der Waals surface area contributed by atoms with Gasteiger partial charge in [-0.15, -0.1) is 0 Å². The number of rotatable bonds is 4. The third-order valence-electron chi connectivity index (χ3n) is 2.97. The summed E-state index contributed by atoms with van der Waals surface area (Å²) in [4.78, 5) is 4.43. The number of ether oxygens (including phenoxy) is 1. The van der Waals surface area contributed by atoms with E-state index in [1.165, 1.54) is 11.1 Å². The fourth-order valence-electron chi connectivity index (χ4n) is 1.92. The van der Waals surface area contributed by atoms with E-state index >= 15 is 0 Å². The van der Waals surface area contributed by atoms with Gasteiger partial charge in [0, 0.05) is 5.69 Å². The fraction of sp³-hybridized carbons (Fsp3) is 0.389. The van der Waals surface area contributed by atoms with Crippen LogP contribution in [0.1, 0.15) is 43.3 Å². The highest BCUT2D eigenvalue weighted by atomic mass is 16.5. The third-order valence-corrected chi connectivity index (χ3v) is 2.97. The van der Waals surface area contributed by atoms with Crippen molar-refractivity contribution >= 4 is 0 Å². The molecule has 1 aromatic carbocycles. The predicted octanol–water partition coefficient (Wildman–Crippen LogP) is 4.87. The molecule has 1 heterocycles. The third kappa shape index (κ3) is 4.69. The number of pyridine rings is 1. The van der Waals surface area contributed by atoms with E-state index in [0.29, 0.717) is 6.61 Å². The van der Waals surface area contributed by atoms with Gasteiger partial charge in [-0.25, -0.2) is 0 Å². The normalized spacial score (nSPS) is 9.65. The average molecular weight is 271 g/mol. The monoisotopic (exact) mass is 271 g/mol. The number of aromatic nitrogens is 1. The lowest BCUT2D eigenvalue weighted by Gasteiger charge is -2.10. The van der Waals surface area contributed by atoms with Crippen LogP contribution in [0.25, 0.3) is 0 Å². The lowest BCUT2D eigenvalue weighted by Crippen LogP contribution is -2.00. The quantitative estimate of drug-likeness (QED) is 0.791. The first-order chi connectivity index (χ1) is 9.69. The Morgan fingerprint density at radius 1 is 1.05 bits per heavy atom. The van der Waals surface area contributed by atoms with Gasteiger partial charge in [-0.3, -0.25) is 4.98 Å². The van der Waals surface area contributed by atoms with Crippen LogP contribution in [0.15, 0.2) is 36.4 Å². The Morgan fingerprint density at radius 3 is 2.40 bits per heavy atom. The molecule has 0 spiro atoms. The minimum absolute atomic E-state index is 0.522. The van der Waals surface area contributed by atoms with Crippen LogP contribution in [0.5, 0.6) is 5.75 Å². The lowest BCUT2D eigenvalue weighted by atomic mass is 10.1. The van der Waals surface area contributed by atoms with E-state index in [1.54, 1.807) is 0 Å². The van der Waals surface area contributed by atoms with Crippen molar-refractivity contribution < 1.29 is 4.74 Å². The van der Waals surface area contributed by atoms with Crippen LogP contribution in [-0.2, 0) is 13.0 Å². The molecule has 20 heavy (non-hydrogen) atoms. The van der Waals surface area contributed by atoms with E-state index in [-0.39, 0.29) is 0 Å². The lowest BCUT2D eigenvalue weighted by molar-refractivity contribution is 0.299. The Kier molecular flexibility index (Phi) is 6.78. The maximum absolute atomic E-state index is 5.81. The van der Waals surface area contributed by atoms with Gasteiger partial charge in [-0.05, 0) is 49.6 Å². The molecule has 0 saturated heterocycles. The summed E-state index contributed by atoms with van der Waals surface area (Å²) in [5, 5.41) is 0. The SMILES string of the molecule is CC.CCc1ccc(OCc2cccc(C)n2)c(C)c1. The van der Waals surface area contributed by atoms with Gasteiger partial charge in [0.1, 0.15) is 12.4 Å². The molecule has 0 N–H and O–H groups in total. The van der Waals surface area contributed by atoms with Crippen molar-refractivity contribution in [1.82, 2.24) is 4.98 Å². The van der Waals surface area contributed by atoms with Gasteiger partial charge >= 0.3 is 0 Å². The van der Waals surface area contributed by atoms with Crippen LogP contribution in [0, 0.1) is 13.8 Å². The summed E-state index contributed by atoms with van der Waals surface area (Å²) < 4.78 is 5.81. The van der Waals surface area contributed by atoms with Crippen molar-refractivity contribution in [3.05, 3.63) is 58.9 Å². The van der Waals surface area contributed by atoms with Crippen molar-refractivity contribution in [1.29, 1.82) is 0 Å². The highest BCUT2D eigenvalue weighted by Crippen LogP contribution is 2.20. The van der Waals surface area contributed by atoms with Crippen LogP contribution in [-0.4, -0.2) is 4.98 Å². The largest absolute Gasteiger partial charge is 0.487 e. The van der Waals surface area contributed by atoms with Crippen molar-refractivity contribution in [3.8, 4) is 5.75 Å². The zero-order valence-electron chi connectivity index (χ0n) is 13.2. The summed E-state index contributed by atoms with van der Waals surface area (Å²) in [5.41, 5.74) is 4.51. The summed E-state index contributed by atoms with van der Waals surface area (Å²) in [6, 6.07) is 12.3. The highest BCUT2D eigenvalue weighted by molar-refractivity contribution is 5.36. The van der Waals surface area contributed by atoms with E-state index in [2.05, 4.69) is 31.0 Å². The van der Waals surface area contributed by atoms with Gasteiger partial charge in [0.25, 0.3) is 0 Å². The van der Waals surface area contributed by atoms with Gasteiger partial charge in [0.2, 0.25) is 0 Å². The molecule has 0 bridgehead atoms. The topological polar surface area (TPSA) is 22.1 Å². The molecule has 2 aromatic rings. The predicted molar refractivity (Wildman–Crippen MR) is 85.2 cm³/mol. The molecule has 0 aliphatic heterocycles. The molecule has 0 aliphatic rings. The Balaban J connectivity index is 0.000000956. The van der Waals surface area contributed by atoms with Gasteiger partial charge in [0.15, 0.2) is 0 Å². The molecule has 0 radical (unpaired) electrons. The second-order valence-corrected chi connectivity index (χ2v) is 4.51. The minimum atomic E-state index is 0.522. The summed E-state index contributed by atoms with van der Waals surface area (Å²) in [6.07, 6.45) is 1.06. The van der Waals surface area contributed by atoms with Crippen LogP contribution < -0.4 is 4.74 Å². The average Bonchev–Trinajstić information content (AvgIpc) is 2.48. The van der Waals surface area contributed by atoms with Crippen LogP contribution in [0.3, 0.4) is 0 Å². The first-order valence-corrected chi connectivity index (χ1v) is 7.34.